The molecule has 3 aliphatic rings. The first-order valence-electron chi connectivity index (χ1n) is 12.1. The Morgan fingerprint density at radius 1 is 1.30 bits per heavy atom. The summed E-state index contributed by atoms with van der Waals surface area (Å²) in [6, 6.07) is -0.642. The molecule has 3 fully saturated rings. The molecule has 1 spiro atoms. The van der Waals surface area contributed by atoms with Gasteiger partial charge in [0, 0.05) is 31.0 Å². The first-order chi connectivity index (χ1) is 15.8. The van der Waals surface area contributed by atoms with Crippen molar-refractivity contribution in [3.8, 4) is 0 Å². The maximum Gasteiger partial charge on any atom is 0.311 e. The smallest absolute Gasteiger partial charge is 0.311 e. The van der Waals surface area contributed by atoms with Crippen LogP contribution in [0.2, 0.25) is 0 Å². The fraction of sp³-hybridized carbons (Fsp3) is 0.720. The Kier molecular flexibility index (Phi) is 8.32. The van der Waals surface area contributed by atoms with Gasteiger partial charge in [0.2, 0.25) is 11.8 Å². The van der Waals surface area contributed by atoms with Crippen molar-refractivity contribution in [1.82, 2.24) is 9.80 Å². The monoisotopic (exact) mass is 478 g/mol. The number of amides is 2. The number of aliphatic hydroxyl groups excluding tert-OH is 1. The number of aliphatic hydroxyl groups is 1. The van der Waals surface area contributed by atoms with Crippen LogP contribution in [0.5, 0.6) is 0 Å². The minimum absolute atomic E-state index is 0.0631. The Hall–Kier alpha value is -1.80. The van der Waals surface area contributed by atoms with Gasteiger partial charge in [0.25, 0.3) is 0 Å². The van der Waals surface area contributed by atoms with E-state index in [9.17, 15) is 19.5 Å². The molecule has 184 valence electrons. The van der Waals surface area contributed by atoms with Gasteiger partial charge >= 0.3 is 5.97 Å². The highest BCUT2D eigenvalue weighted by Crippen LogP contribution is 2.71. The third kappa shape index (κ3) is 4.48. The topological polar surface area (TPSA) is 87.1 Å². The normalized spacial score (nSPS) is 32.0. The summed E-state index contributed by atoms with van der Waals surface area (Å²) in [4.78, 5) is 44.4. The summed E-state index contributed by atoms with van der Waals surface area (Å²) in [5.74, 6) is -1.74. The van der Waals surface area contributed by atoms with Crippen molar-refractivity contribution in [1.29, 1.82) is 0 Å². The van der Waals surface area contributed by atoms with E-state index in [0.29, 0.717) is 38.9 Å². The van der Waals surface area contributed by atoms with Gasteiger partial charge in [0.15, 0.2) is 0 Å². The summed E-state index contributed by atoms with van der Waals surface area (Å²) >= 11 is 1.64. The van der Waals surface area contributed by atoms with Crippen LogP contribution in [0.3, 0.4) is 0 Å². The van der Waals surface area contributed by atoms with E-state index in [0.717, 1.165) is 19.3 Å². The number of carbonyl (C=O) groups is 3. The number of esters is 1. The molecule has 3 aliphatic heterocycles. The number of unbranched alkanes of at least 4 members (excludes halogenated alkanes) is 1. The summed E-state index contributed by atoms with van der Waals surface area (Å²) in [5.41, 5.74) is 0. The number of hydrogen-bond donors (Lipinski definition) is 1. The molecule has 5 atom stereocenters. The lowest BCUT2D eigenvalue weighted by Crippen LogP contribution is -2.55. The second-order valence-corrected chi connectivity index (χ2v) is 11.4. The first-order valence-corrected chi connectivity index (χ1v) is 12.9. The van der Waals surface area contributed by atoms with E-state index in [-0.39, 0.29) is 31.0 Å². The molecule has 0 aromatic rings. The summed E-state index contributed by atoms with van der Waals surface area (Å²) in [6.45, 7) is 13.1. The largest absolute Gasteiger partial charge is 0.465 e. The van der Waals surface area contributed by atoms with Gasteiger partial charge in [-0.05, 0) is 39.0 Å². The zero-order valence-corrected chi connectivity index (χ0v) is 20.8. The first kappa shape index (κ1) is 25.8. The minimum Gasteiger partial charge on any atom is -0.465 e. The van der Waals surface area contributed by atoms with Crippen LogP contribution in [-0.2, 0) is 19.1 Å². The van der Waals surface area contributed by atoms with E-state index in [4.69, 9.17) is 4.74 Å². The molecule has 33 heavy (non-hydrogen) atoms. The van der Waals surface area contributed by atoms with Crippen LogP contribution in [0.25, 0.3) is 0 Å². The van der Waals surface area contributed by atoms with E-state index in [2.05, 4.69) is 20.1 Å². The molecule has 3 rings (SSSR count). The van der Waals surface area contributed by atoms with Crippen LogP contribution in [0.1, 0.15) is 52.4 Å². The molecule has 3 heterocycles. The predicted molar refractivity (Wildman–Crippen MR) is 130 cm³/mol. The highest BCUT2D eigenvalue weighted by molar-refractivity contribution is 8.02. The van der Waals surface area contributed by atoms with Gasteiger partial charge in [-0.25, -0.2) is 0 Å². The minimum atomic E-state index is -0.647. The number of nitrogens with zero attached hydrogens (tertiary/aromatic N) is 2. The van der Waals surface area contributed by atoms with Crippen molar-refractivity contribution in [2.45, 2.75) is 67.9 Å². The highest BCUT2D eigenvalue weighted by Gasteiger charge is 2.77. The zero-order chi connectivity index (χ0) is 24.2. The van der Waals surface area contributed by atoms with E-state index in [1.807, 2.05) is 6.92 Å². The lowest BCUT2D eigenvalue weighted by molar-refractivity contribution is -0.155. The number of carbonyl (C=O) groups excluding carboxylic acids is 3. The van der Waals surface area contributed by atoms with Gasteiger partial charge < -0.3 is 19.6 Å². The van der Waals surface area contributed by atoms with Gasteiger partial charge in [-0.15, -0.1) is 24.9 Å². The van der Waals surface area contributed by atoms with Crippen LogP contribution < -0.4 is 0 Å². The Morgan fingerprint density at radius 2 is 2.06 bits per heavy atom. The van der Waals surface area contributed by atoms with Gasteiger partial charge in [-0.3, -0.25) is 14.4 Å². The van der Waals surface area contributed by atoms with Crippen molar-refractivity contribution in [3.63, 3.8) is 0 Å². The molecular weight excluding hydrogens is 440 g/mol. The summed E-state index contributed by atoms with van der Waals surface area (Å²) in [7, 11) is 0. The van der Waals surface area contributed by atoms with Crippen molar-refractivity contribution < 1.29 is 24.2 Å². The zero-order valence-electron chi connectivity index (χ0n) is 20.0. The van der Waals surface area contributed by atoms with Crippen molar-refractivity contribution in [3.05, 3.63) is 25.3 Å². The molecule has 2 unspecified atom stereocenters. The Labute approximate surface area is 201 Å². The maximum atomic E-state index is 14.0. The molecule has 1 N–H and O–H groups in total. The fourth-order valence-electron chi connectivity index (χ4n) is 5.85. The van der Waals surface area contributed by atoms with Crippen molar-refractivity contribution >= 4 is 29.5 Å². The Morgan fingerprint density at radius 3 is 2.70 bits per heavy atom. The molecule has 2 amide bonds. The Bertz CT molecular complexity index is 789. The van der Waals surface area contributed by atoms with Crippen LogP contribution >= 0.6 is 11.8 Å². The number of hydrogen-bond acceptors (Lipinski definition) is 6. The van der Waals surface area contributed by atoms with E-state index < -0.39 is 27.4 Å². The molecule has 0 aromatic carbocycles. The molecule has 0 aromatic heterocycles. The van der Waals surface area contributed by atoms with Gasteiger partial charge in [-0.1, -0.05) is 25.5 Å². The average molecular weight is 479 g/mol. The number of ether oxygens (including phenoxy) is 1. The molecule has 8 heteroatoms. The standard InChI is InChI=1S/C25H38N2O5S/c1-5-8-14-26(13-7-3)22(30)20-25-12-11-24(4,33-25)19(23(31)32-17-9-6-2)18(25)21(29)27(20)15-10-16-28/h6-7,18-20,28H,2-3,5,8-17H2,1,4H3/t18-,19+,20?,24-,25?/m0/s1. The van der Waals surface area contributed by atoms with Crippen LogP contribution in [0.4, 0.5) is 0 Å². The van der Waals surface area contributed by atoms with Crippen LogP contribution in [0.15, 0.2) is 25.3 Å². The Balaban J connectivity index is 1.98. The maximum absolute atomic E-state index is 14.0. The molecule has 0 radical (unpaired) electrons. The number of likely N-dealkylation sites (tertiary alicyclic amines) is 1. The molecule has 0 saturated carbocycles. The molecule has 7 nitrogen and oxygen atoms in total. The second-order valence-electron chi connectivity index (χ2n) is 9.51. The lowest BCUT2D eigenvalue weighted by Gasteiger charge is -2.37. The SMILES string of the molecule is C=CCCOC(=O)[C@H]1[C@H]2C(=O)N(CCCO)C(C(=O)N(CC=C)CCCC)C23CC[C@]1(C)S3. The summed E-state index contributed by atoms with van der Waals surface area (Å²) in [6.07, 6.45) is 7.67. The molecule has 0 aliphatic carbocycles. The number of rotatable bonds is 13. The fourth-order valence-corrected chi connectivity index (χ4v) is 8.19. The number of thioether (sulfide) groups is 1. The summed E-state index contributed by atoms with van der Waals surface area (Å²) in [5, 5.41) is 9.45. The second kappa shape index (κ2) is 10.6. The third-order valence-corrected chi connectivity index (χ3v) is 9.32. The van der Waals surface area contributed by atoms with Crippen LogP contribution in [0, 0.1) is 11.8 Å². The van der Waals surface area contributed by atoms with E-state index in [1.54, 1.807) is 33.7 Å². The van der Waals surface area contributed by atoms with Gasteiger partial charge in [-0.2, -0.15) is 0 Å². The van der Waals surface area contributed by atoms with Crippen molar-refractivity contribution in [2.24, 2.45) is 11.8 Å². The summed E-state index contributed by atoms with van der Waals surface area (Å²) < 4.78 is 4.47. The van der Waals surface area contributed by atoms with E-state index >= 15 is 0 Å². The number of fused-ring (bicyclic) bond motifs is 1. The molecular formula is C25H38N2O5S. The van der Waals surface area contributed by atoms with Gasteiger partial charge in [0.1, 0.15) is 6.04 Å². The average Bonchev–Trinajstić information content (AvgIpc) is 3.35. The van der Waals surface area contributed by atoms with Crippen molar-refractivity contribution in [2.75, 3.05) is 32.8 Å². The molecule has 3 saturated heterocycles. The third-order valence-electron chi connectivity index (χ3n) is 7.33. The highest BCUT2D eigenvalue weighted by atomic mass is 32.2. The van der Waals surface area contributed by atoms with Gasteiger partial charge in [0.05, 0.1) is 23.2 Å². The lowest BCUT2D eigenvalue weighted by atomic mass is 9.66. The van der Waals surface area contributed by atoms with E-state index in [1.165, 1.54) is 0 Å². The quantitative estimate of drug-likeness (QED) is 0.249. The predicted octanol–water partition coefficient (Wildman–Crippen LogP) is 2.78. The molecule has 2 bridgehead atoms. The van der Waals surface area contributed by atoms with Crippen LogP contribution in [-0.4, -0.2) is 81.1 Å².